The molecule has 1 atom stereocenters. The van der Waals surface area contributed by atoms with Gasteiger partial charge in [-0.25, -0.2) is 4.79 Å². The van der Waals surface area contributed by atoms with Gasteiger partial charge in [-0.05, 0) is 30.5 Å². The number of urea groups is 1. The standard InChI is InChI=1S/C23H28F2N4O4/c1-3-15-6-4-5-7-19(15)29(16-10-11-28(12-16)17-13-32-14-17)23(30)26-18-8-9-20(31-2)27-21(18)33-22(24)25/h4-9,16-17,22H,3,10-14H2,1-2H3,(H,26,30). The Labute approximate surface area is 191 Å². The minimum Gasteiger partial charge on any atom is -0.481 e. The van der Waals surface area contributed by atoms with E-state index in [4.69, 9.17) is 9.47 Å². The van der Waals surface area contributed by atoms with E-state index >= 15 is 0 Å². The van der Waals surface area contributed by atoms with Crippen molar-refractivity contribution in [1.29, 1.82) is 0 Å². The molecule has 1 aromatic carbocycles. The van der Waals surface area contributed by atoms with Gasteiger partial charge in [-0.15, -0.1) is 0 Å². The number of aromatic nitrogens is 1. The summed E-state index contributed by atoms with van der Waals surface area (Å²) >= 11 is 0. The maximum absolute atomic E-state index is 13.6. The number of methoxy groups -OCH3 is 1. The normalized spacial score (nSPS) is 18.8. The van der Waals surface area contributed by atoms with Crippen LogP contribution in [-0.4, -0.2) is 68.0 Å². The molecule has 1 unspecified atom stereocenters. The average molecular weight is 462 g/mol. The molecule has 2 aliphatic rings. The molecule has 0 radical (unpaired) electrons. The highest BCUT2D eigenvalue weighted by Crippen LogP contribution is 2.32. The Morgan fingerprint density at radius 1 is 1.30 bits per heavy atom. The van der Waals surface area contributed by atoms with Crippen molar-refractivity contribution >= 4 is 17.4 Å². The zero-order valence-electron chi connectivity index (χ0n) is 18.7. The number of carbonyl (C=O) groups is 1. The van der Waals surface area contributed by atoms with Gasteiger partial charge in [-0.3, -0.25) is 9.80 Å². The molecule has 0 bridgehead atoms. The number of para-hydroxylation sites is 1. The van der Waals surface area contributed by atoms with Gasteiger partial charge in [0.2, 0.25) is 11.8 Å². The number of nitrogens with zero attached hydrogens (tertiary/aromatic N) is 3. The smallest absolute Gasteiger partial charge is 0.388 e. The maximum Gasteiger partial charge on any atom is 0.388 e. The molecule has 10 heteroatoms. The van der Waals surface area contributed by atoms with E-state index in [0.717, 1.165) is 30.6 Å². The van der Waals surface area contributed by atoms with Gasteiger partial charge in [-0.2, -0.15) is 13.8 Å². The Bertz CT molecular complexity index is 973. The van der Waals surface area contributed by atoms with Crippen LogP contribution < -0.4 is 19.7 Å². The predicted octanol–water partition coefficient (Wildman–Crippen LogP) is 3.77. The van der Waals surface area contributed by atoms with Crippen LogP contribution in [0.25, 0.3) is 0 Å². The fraction of sp³-hybridized carbons (Fsp3) is 0.478. The first-order valence-electron chi connectivity index (χ1n) is 11.0. The highest BCUT2D eigenvalue weighted by Gasteiger charge is 2.37. The number of carbonyl (C=O) groups excluding carboxylic acids is 1. The number of aryl methyl sites for hydroxylation is 1. The number of alkyl halides is 2. The molecule has 2 fully saturated rings. The van der Waals surface area contributed by atoms with E-state index in [0.29, 0.717) is 25.8 Å². The summed E-state index contributed by atoms with van der Waals surface area (Å²) in [6, 6.07) is 10.5. The Balaban J connectivity index is 1.62. The molecule has 0 saturated carbocycles. The van der Waals surface area contributed by atoms with Gasteiger partial charge >= 0.3 is 12.6 Å². The van der Waals surface area contributed by atoms with E-state index in [9.17, 15) is 13.6 Å². The third kappa shape index (κ3) is 5.17. The molecule has 4 rings (SSSR count). The fourth-order valence-electron chi connectivity index (χ4n) is 4.24. The van der Waals surface area contributed by atoms with Gasteiger partial charge < -0.3 is 19.5 Å². The Morgan fingerprint density at radius 3 is 2.76 bits per heavy atom. The fourth-order valence-corrected chi connectivity index (χ4v) is 4.24. The number of hydrogen-bond acceptors (Lipinski definition) is 6. The SMILES string of the molecule is CCc1ccccc1N(C(=O)Nc1ccc(OC)nc1OC(F)F)C1CCN(C2COC2)C1. The van der Waals surface area contributed by atoms with Gasteiger partial charge in [0.1, 0.15) is 5.69 Å². The summed E-state index contributed by atoms with van der Waals surface area (Å²) in [5.74, 6) is -0.299. The zero-order valence-corrected chi connectivity index (χ0v) is 18.7. The monoisotopic (exact) mass is 462 g/mol. The number of nitrogens with one attached hydrogen (secondary N) is 1. The summed E-state index contributed by atoms with van der Waals surface area (Å²) in [6.45, 7) is 1.92. The second-order valence-electron chi connectivity index (χ2n) is 8.00. The third-order valence-electron chi connectivity index (χ3n) is 6.03. The quantitative estimate of drug-likeness (QED) is 0.644. The molecule has 178 valence electrons. The van der Waals surface area contributed by atoms with Crippen LogP contribution in [-0.2, 0) is 11.2 Å². The van der Waals surface area contributed by atoms with E-state index in [1.54, 1.807) is 4.90 Å². The summed E-state index contributed by atoms with van der Waals surface area (Å²) in [5.41, 5.74) is 1.87. The molecule has 0 spiro atoms. The van der Waals surface area contributed by atoms with Crippen LogP contribution in [0.4, 0.5) is 25.0 Å². The number of rotatable bonds is 8. The highest BCUT2D eigenvalue weighted by atomic mass is 19.3. The second kappa shape index (κ2) is 10.3. The van der Waals surface area contributed by atoms with E-state index in [2.05, 4.69) is 19.9 Å². The molecule has 1 aromatic heterocycles. The molecular formula is C23H28F2N4O4. The van der Waals surface area contributed by atoms with Crippen LogP contribution in [0.2, 0.25) is 0 Å². The topological polar surface area (TPSA) is 76.2 Å². The number of hydrogen-bond donors (Lipinski definition) is 1. The van der Waals surface area contributed by atoms with Crippen LogP contribution in [0, 0.1) is 0 Å². The van der Waals surface area contributed by atoms with Crippen molar-refractivity contribution in [2.75, 3.05) is 43.6 Å². The number of amides is 2. The highest BCUT2D eigenvalue weighted by molar-refractivity contribution is 6.03. The Hall–Kier alpha value is -2.98. The molecule has 2 aliphatic heterocycles. The predicted molar refractivity (Wildman–Crippen MR) is 119 cm³/mol. The van der Waals surface area contributed by atoms with Crippen molar-refractivity contribution in [3.63, 3.8) is 0 Å². The van der Waals surface area contributed by atoms with Crippen LogP contribution >= 0.6 is 0 Å². The van der Waals surface area contributed by atoms with Crippen molar-refractivity contribution in [2.24, 2.45) is 0 Å². The molecule has 2 aromatic rings. The van der Waals surface area contributed by atoms with Crippen molar-refractivity contribution in [2.45, 2.75) is 38.5 Å². The number of anilines is 2. The summed E-state index contributed by atoms with van der Waals surface area (Å²) in [7, 11) is 1.37. The number of benzene rings is 1. The van der Waals surface area contributed by atoms with E-state index < -0.39 is 18.5 Å². The Morgan fingerprint density at radius 2 is 2.09 bits per heavy atom. The number of likely N-dealkylation sites (tertiary alicyclic amines) is 1. The lowest BCUT2D eigenvalue weighted by molar-refractivity contribution is -0.0572. The first-order chi connectivity index (χ1) is 16.0. The van der Waals surface area contributed by atoms with Gasteiger partial charge in [-0.1, -0.05) is 25.1 Å². The molecule has 1 N–H and O–H groups in total. The minimum absolute atomic E-state index is 0.0438. The number of pyridine rings is 1. The van der Waals surface area contributed by atoms with E-state index in [-0.39, 0.29) is 17.6 Å². The average Bonchev–Trinajstić information content (AvgIpc) is 3.22. The first kappa shape index (κ1) is 23.2. The van der Waals surface area contributed by atoms with Crippen LogP contribution in [0.5, 0.6) is 11.8 Å². The molecule has 2 amide bonds. The Kier molecular flexibility index (Phi) is 7.24. The summed E-state index contributed by atoms with van der Waals surface area (Å²) < 4.78 is 40.8. The summed E-state index contributed by atoms with van der Waals surface area (Å²) in [5, 5.41) is 2.73. The van der Waals surface area contributed by atoms with E-state index in [1.165, 1.54) is 19.2 Å². The van der Waals surface area contributed by atoms with Crippen molar-refractivity contribution in [3.8, 4) is 11.8 Å². The molecule has 3 heterocycles. The molecular weight excluding hydrogens is 434 g/mol. The second-order valence-corrected chi connectivity index (χ2v) is 8.00. The summed E-state index contributed by atoms with van der Waals surface area (Å²) in [6.07, 6.45) is 1.54. The van der Waals surface area contributed by atoms with Gasteiger partial charge in [0.15, 0.2) is 0 Å². The lowest BCUT2D eigenvalue weighted by Crippen LogP contribution is -2.50. The van der Waals surface area contributed by atoms with Gasteiger partial charge in [0.25, 0.3) is 0 Å². The lowest BCUT2D eigenvalue weighted by Gasteiger charge is -2.36. The molecule has 33 heavy (non-hydrogen) atoms. The van der Waals surface area contributed by atoms with E-state index in [1.807, 2.05) is 31.2 Å². The molecule has 8 nitrogen and oxygen atoms in total. The van der Waals surface area contributed by atoms with Crippen molar-refractivity contribution in [3.05, 3.63) is 42.0 Å². The van der Waals surface area contributed by atoms with Crippen molar-refractivity contribution in [1.82, 2.24) is 9.88 Å². The molecule has 2 saturated heterocycles. The first-order valence-corrected chi connectivity index (χ1v) is 11.0. The number of halogens is 2. The number of ether oxygens (including phenoxy) is 3. The van der Waals surface area contributed by atoms with Crippen LogP contribution in [0.3, 0.4) is 0 Å². The van der Waals surface area contributed by atoms with Crippen LogP contribution in [0.15, 0.2) is 36.4 Å². The molecule has 0 aliphatic carbocycles. The van der Waals surface area contributed by atoms with Gasteiger partial charge in [0, 0.05) is 24.8 Å². The largest absolute Gasteiger partial charge is 0.481 e. The van der Waals surface area contributed by atoms with Gasteiger partial charge in [0.05, 0.1) is 32.4 Å². The summed E-state index contributed by atoms with van der Waals surface area (Å²) in [4.78, 5) is 21.6. The van der Waals surface area contributed by atoms with Crippen molar-refractivity contribution < 1.29 is 27.8 Å². The lowest BCUT2D eigenvalue weighted by atomic mass is 10.1. The third-order valence-corrected chi connectivity index (χ3v) is 6.03. The maximum atomic E-state index is 13.6. The minimum atomic E-state index is -3.09. The van der Waals surface area contributed by atoms with Crippen LogP contribution in [0.1, 0.15) is 18.9 Å². The zero-order chi connectivity index (χ0) is 23.4.